The highest BCUT2D eigenvalue weighted by molar-refractivity contribution is 5.60. The van der Waals surface area contributed by atoms with Crippen molar-refractivity contribution in [3.8, 4) is 11.4 Å². The zero-order valence-corrected chi connectivity index (χ0v) is 13.9. The minimum absolute atomic E-state index is 0.149. The molecular formula is C18H25N3. The van der Waals surface area contributed by atoms with Crippen molar-refractivity contribution in [3.63, 3.8) is 0 Å². The molecule has 1 aromatic heterocycles. The third kappa shape index (κ3) is 3.23. The van der Waals surface area contributed by atoms with Gasteiger partial charge in [0.1, 0.15) is 5.82 Å². The molecule has 0 saturated heterocycles. The summed E-state index contributed by atoms with van der Waals surface area (Å²) in [5.74, 6) is 1.63. The maximum atomic E-state index is 6.11. The van der Waals surface area contributed by atoms with E-state index in [0.29, 0.717) is 17.6 Å². The molecule has 0 aliphatic rings. The van der Waals surface area contributed by atoms with Gasteiger partial charge in [-0.05, 0) is 23.8 Å². The number of nitrogen functional groups attached to an aromatic ring is 1. The Hall–Kier alpha value is -1.90. The zero-order chi connectivity index (χ0) is 15.8. The van der Waals surface area contributed by atoms with Gasteiger partial charge in [0, 0.05) is 16.8 Å². The van der Waals surface area contributed by atoms with Crippen molar-refractivity contribution < 1.29 is 0 Å². The van der Waals surface area contributed by atoms with Crippen LogP contribution in [-0.2, 0) is 5.41 Å². The molecule has 2 N–H and O–H groups in total. The van der Waals surface area contributed by atoms with E-state index in [1.807, 2.05) is 6.92 Å². The van der Waals surface area contributed by atoms with Crippen LogP contribution < -0.4 is 5.73 Å². The molecule has 0 bridgehead atoms. The zero-order valence-electron chi connectivity index (χ0n) is 13.9. The van der Waals surface area contributed by atoms with E-state index < -0.39 is 0 Å². The molecule has 112 valence electrons. The van der Waals surface area contributed by atoms with Crippen LogP contribution in [0.2, 0.25) is 0 Å². The lowest BCUT2D eigenvalue weighted by Gasteiger charge is -2.19. The van der Waals surface area contributed by atoms with Gasteiger partial charge in [0.15, 0.2) is 5.82 Å². The fraction of sp³-hybridized carbons (Fsp3) is 0.444. The van der Waals surface area contributed by atoms with Gasteiger partial charge in [0.25, 0.3) is 0 Å². The van der Waals surface area contributed by atoms with E-state index in [0.717, 1.165) is 16.8 Å². The molecule has 3 heteroatoms. The van der Waals surface area contributed by atoms with Crippen LogP contribution in [0.3, 0.4) is 0 Å². The molecule has 2 rings (SSSR count). The lowest BCUT2D eigenvalue weighted by atomic mass is 9.86. The Balaban J connectivity index is 2.44. The summed E-state index contributed by atoms with van der Waals surface area (Å²) in [5, 5.41) is 0. The number of aryl methyl sites for hydroxylation is 1. The molecule has 0 amide bonds. The van der Waals surface area contributed by atoms with E-state index in [-0.39, 0.29) is 5.41 Å². The molecule has 0 aliphatic carbocycles. The monoisotopic (exact) mass is 283 g/mol. The van der Waals surface area contributed by atoms with Gasteiger partial charge in [0.2, 0.25) is 0 Å². The first kappa shape index (κ1) is 15.5. The Kier molecular flexibility index (Phi) is 4.04. The smallest absolute Gasteiger partial charge is 0.161 e. The number of nitrogens with zero attached hydrogens (tertiary/aromatic N) is 2. The lowest BCUT2D eigenvalue weighted by Crippen LogP contribution is -2.10. The second-order valence-electron chi connectivity index (χ2n) is 6.91. The first-order valence-corrected chi connectivity index (χ1v) is 7.45. The molecule has 0 atom stereocenters. The topological polar surface area (TPSA) is 51.8 Å². The van der Waals surface area contributed by atoms with Crippen LogP contribution in [0.4, 0.5) is 5.82 Å². The van der Waals surface area contributed by atoms with Crippen molar-refractivity contribution in [1.29, 1.82) is 0 Å². The van der Waals surface area contributed by atoms with Gasteiger partial charge in [-0.25, -0.2) is 9.97 Å². The summed E-state index contributed by atoms with van der Waals surface area (Å²) >= 11 is 0. The maximum absolute atomic E-state index is 6.11. The van der Waals surface area contributed by atoms with Crippen LogP contribution >= 0.6 is 0 Å². The van der Waals surface area contributed by atoms with Gasteiger partial charge in [0.05, 0.1) is 0 Å². The predicted molar refractivity (Wildman–Crippen MR) is 89.4 cm³/mol. The Labute approximate surface area is 127 Å². The second-order valence-corrected chi connectivity index (χ2v) is 6.91. The van der Waals surface area contributed by atoms with E-state index >= 15 is 0 Å². The molecule has 1 heterocycles. The molecule has 2 aromatic rings. The Morgan fingerprint density at radius 3 is 2.00 bits per heavy atom. The standard InChI is InChI=1S/C18H25N3/c1-11(2)15-12(3)20-17(21-16(15)19)13-7-9-14(10-8-13)18(4,5)6/h7-11H,1-6H3,(H2,19,20,21). The highest BCUT2D eigenvalue weighted by atomic mass is 15.0. The maximum Gasteiger partial charge on any atom is 0.161 e. The fourth-order valence-corrected chi connectivity index (χ4v) is 2.57. The normalized spacial score (nSPS) is 12.0. The average molecular weight is 283 g/mol. The van der Waals surface area contributed by atoms with Crippen molar-refractivity contribution in [2.45, 2.75) is 52.9 Å². The highest BCUT2D eigenvalue weighted by Crippen LogP contribution is 2.28. The third-order valence-corrected chi connectivity index (χ3v) is 3.75. The van der Waals surface area contributed by atoms with E-state index in [4.69, 9.17) is 5.73 Å². The molecule has 1 aromatic carbocycles. The molecule has 0 saturated carbocycles. The number of anilines is 1. The number of hydrogen-bond acceptors (Lipinski definition) is 3. The molecule has 0 aliphatic heterocycles. The number of hydrogen-bond donors (Lipinski definition) is 1. The van der Waals surface area contributed by atoms with Crippen molar-refractivity contribution in [1.82, 2.24) is 9.97 Å². The summed E-state index contributed by atoms with van der Waals surface area (Å²) < 4.78 is 0. The quantitative estimate of drug-likeness (QED) is 0.885. The minimum atomic E-state index is 0.149. The molecule has 0 spiro atoms. The van der Waals surface area contributed by atoms with E-state index in [2.05, 4.69) is 68.9 Å². The molecular weight excluding hydrogens is 258 g/mol. The second kappa shape index (κ2) is 5.47. The van der Waals surface area contributed by atoms with Gasteiger partial charge < -0.3 is 5.73 Å². The molecule has 0 radical (unpaired) electrons. The van der Waals surface area contributed by atoms with Crippen molar-refractivity contribution in [2.24, 2.45) is 0 Å². The Morgan fingerprint density at radius 1 is 1.00 bits per heavy atom. The molecule has 21 heavy (non-hydrogen) atoms. The van der Waals surface area contributed by atoms with E-state index in [1.54, 1.807) is 0 Å². The third-order valence-electron chi connectivity index (χ3n) is 3.75. The van der Waals surface area contributed by atoms with Crippen molar-refractivity contribution in [3.05, 3.63) is 41.1 Å². The number of benzene rings is 1. The van der Waals surface area contributed by atoms with Crippen molar-refractivity contribution in [2.75, 3.05) is 5.73 Å². The summed E-state index contributed by atoms with van der Waals surface area (Å²) in [6, 6.07) is 8.43. The summed E-state index contributed by atoms with van der Waals surface area (Å²) in [6.45, 7) is 12.8. The van der Waals surface area contributed by atoms with Gasteiger partial charge in [-0.15, -0.1) is 0 Å². The molecule has 0 fully saturated rings. The molecule has 0 unspecified atom stereocenters. The van der Waals surface area contributed by atoms with Crippen LogP contribution in [0.5, 0.6) is 0 Å². The first-order chi connectivity index (χ1) is 9.70. The van der Waals surface area contributed by atoms with Gasteiger partial charge >= 0.3 is 0 Å². The Bertz CT molecular complexity index is 611. The van der Waals surface area contributed by atoms with Crippen molar-refractivity contribution >= 4 is 5.82 Å². The Morgan fingerprint density at radius 2 is 1.57 bits per heavy atom. The summed E-state index contributed by atoms with van der Waals surface area (Å²) in [6.07, 6.45) is 0. The average Bonchev–Trinajstić information content (AvgIpc) is 2.36. The first-order valence-electron chi connectivity index (χ1n) is 7.45. The number of rotatable bonds is 2. The van der Waals surface area contributed by atoms with Gasteiger partial charge in [-0.2, -0.15) is 0 Å². The van der Waals surface area contributed by atoms with Crippen LogP contribution in [0.25, 0.3) is 11.4 Å². The highest BCUT2D eigenvalue weighted by Gasteiger charge is 2.15. The van der Waals surface area contributed by atoms with Gasteiger partial charge in [-0.1, -0.05) is 58.9 Å². The van der Waals surface area contributed by atoms with E-state index in [1.165, 1.54) is 5.56 Å². The number of aromatic nitrogens is 2. The largest absolute Gasteiger partial charge is 0.383 e. The predicted octanol–water partition coefficient (Wildman–Crippen LogP) is 4.46. The van der Waals surface area contributed by atoms with Crippen LogP contribution in [0, 0.1) is 6.92 Å². The van der Waals surface area contributed by atoms with Crippen LogP contribution in [-0.4, -0.2) is 9.97 Å². The van der Waals surface area contributed by atoms with E-state index in [9.17, 15) is 0 Å². The summed E-state index contributed by atoms with van der Waals surface area (Å²) in [5.41, 5.74) is 10.6. The number of nitrogens with two attached hydrogens (primary N) is 1. The van der Waals surface area contributed by atoms with Gasteiger partial charge in [-0.3, -0.25) is 0 Å². The SMILES string of the molecule is Cc1nc(-c2ccc(C(C)(C)C)cc2)nc(N)c1C(C)C. The lowest BCUT2D eigenvalue weighted by molar-refractivity contribution is 0.590. The van der Waals surface area contributed by atoms with Crippen LogP contribution in [0.1, 0.15) is 57.4 Å². The molecule has 3 nitrogen and oxygen atoms in total. The van der Waals surface area contributed by atoms with Crippen LogP contribution in [0.15, 0.2) is 24.3 Å². The summed E-state index contributed by atoms with van der Waals surface area (Å²) in [4.78, 5) is 9.11. The summed E-state index contributed by atoms with van der Waals surface area (Å²) in [7, 11) is 0. The fourth-order valence-electron chi connectivity index (χ4n) is 2.57. The minimum Gasteiger partial charge on any atom is -0.383 e.